The average molecular weight is 286 g/mol. The zero-order chi connectivity index (χ0) is 14.5. The van der Waals surface area contributed by atoms with Crippen LogP contribution in [0, 0.1) is 11.8 Å². The fraction of sp³-hybridized carbons (Fsp3) is 0.933. The predicted octanol–water partition coefficient (Wildman–Crippen LogP) is 3.99. The minimum Gasteiger partial charge on any atom is -0.466 e. The molecule has 112 valence electrons. The van der Waals surface area contributed by atoms with Gasteiger partial charge in [0, 0.05) is 0 Å². The monoisotopic (exact) mass is 286 g/mol. The third kappa shape index (κ3) is 5.26. The van der Waals surface area contributed by atoms with E-state index in [0.717, 1.165) is 19.3 Å². The van der Waals surface area contributed by atoms with E-state index in [1.807, 2.05) is 6.92 Å². The Balaban J connectivity index is 2.72. The van der Waals surface area contributed by atoms with Gasteiger partial charge in [-0.15, -0.1) is 0 Å². The molecule has 0 radical (unpaired) electrons. The van der Waals surface area contributed by atoms with Crippen LogP contribution in [-0.4, -0.2) is 27.0 Å². The zero-order valence-corrected chi connectivity index (χ0v) is 14.2. The fourth-order valence-corrected chi connectivity index (χ4v) is 4.17. The lowest BCUT2D eigenvalue weighted by molar-refractivity contribution is -0.152. The van der Waals surface area contributed by atoms with Gasteiger partial charge in [-0.1, -0.05) is 19.8 Å². The number of rotatable bonds is 7. The predicted molar refractivity (Wildman–Crippen MR) is 80.6 cm³/mol. The number of ether oxygens (including phenoxy) is 1. The highest BCUT2D eigenvalue weighted by atomic mass is 28.4. The maximum absolute atomic E-state index is 12.2. The van der Waals surface area contributed by atoms with Gasteiger partial charge in [0.1, 0.15) is 0 Å². The van der Waals surface area contributed by atoms with Crippen molar-refractivity contribution >= 4 is 14.3 Å². The molecule has 0 unspecified atom stereocenters. The summed E-state index contributed by atoms with van der Waals surface area (Å²) in [5, 5.41) is 0. The molecule has 3 atom stereocenters. The smallest absolute Gasteiger partial charge is 0.311 e. The van der Waals surface area contributed by atoms with Crippen molar-refractivity contribution in [2.24, 2.45) is 11.8 Å². The minimum absolute atomic E-state index is 0.0294. The summed E-state index contributed by atoms with van der Waals surface area (Å²) in [4.78, 5) is 12.2. The summed E-state index contributed by atoms with van der Waals surface area (Å²) in [5.74, 6) is 0.392. The van der Waals surface area contributed by atoms with E-state index in [2.05, 4.69) is 26.6 Å². The fourth-order valence-electron chi connectivity index (χ4n) is 3.00. The topological polar surface area (TPSA) is 35.5 Å². The molecule has 0 bridgehead atoms. The summed E-state index contributed by atoms with van der Waals surface area (Å²) in [6.45, 7) is 11.1. The maximum Gasteiger partial charge on any atom is 0.311 e. The molecule has 0 amide bonds. The van der Waals surface area contributed by atoms with Crippen LogP contribution in [0.25, 0.3) is 0 Å². The first kappa shape index (κ1) is 16.7. The van der Waals surface area contributed by atoms with Gasteiger partial charge in [0.2, 0.25) is 0 Å². The lowest BCUT2D eigenvalue weighted by Crippen LogP contribution is -2.39. The molecular formula is C15H30O3Si. The SMILES string of the molecule is CCCC[C@H]1CC[C@H](O[Si](C)(C)C)[C@@H]1C(=O)OCC. The Morgan fingerprint density at radius 2 is 1.89 bits per heavy atom. The molecule has 4 heteroatoms. The molecule has 3 nitrogen and oxygen atoms in total. The molecule has 0 N–H and O–H groups in total. The molecule has 0 aromatic rings. The molecule has 1 aliphatic carbocycles. The lowest BCUT2D eigenvalue weighted by Gasteiger charge is -2.28. The van der Waals surface area contributed by atoms with Gasteiger partial charge < -0.3 is 9.16 Å². The molecular weight excluding hydrogens is 256 g/mol. The van der Waals surface area contributed by atoms with Crippen molar-refractivity contribution in [2.75, 3.05) is 6.61 Å². The first-order chi connectivity index (χ1) is 8.89. The van der Waals surface area contributed by atoms with E-state index in [0.29, 0.717) is 12.5 Å². The first-order valence-electron chi connectivity index (χ1n) is 7.73. The second-order valence-corrected chi connectivity index (χ2v) is 11.0. The molecule has 0 aromatic heterocycles. The van der Waals surface area contributed by atoms with Crippen LogP contribution in [-0.2, 0) is 14.0 Å². The van der Waals surface area contributed by atoms with Crippen molar-refractivity contribution in [3.05, 3.63) is 0 Å². The number of carbonyl (C=O) groups is 1. The number of esters is 1. The van der Waals surface area contributed by atoms with Gasteiger partial charge in [0.15, 0.2) is 8.32 Å². The molecule has 0 aromatic carbocycles. The Bertz CT molecular complexity index is 286. The third-order valence-corrected chi connectivity index (χ3v) is 4.73. The Labute approximate surface area is 119 Å². The molecule has 0 aliphatic heterocycles. The molecule has 1 aliphatic rings. The van der Waals surface area contributed by atoms with Crippen molar-refractivity contribution in [1.82, 2.24) is 0 Å². The number of unbranched alkanes of at least 4 members (excludes halogenated alkanes) is 1. The molecule has 0 saturated heterocycles. The van der Waals surface area contributed by atoms with E-state index in [9.17, 15) is 4.79 Å². The van der Waals surface area contributed by atoms with Crippen LogP contribution < -0.4 is 0 Å². The van der Waals surface area contributed by atoms with Crippen molar-refractivity contribution in [2.45, 2.75) is 71.7 Å². The zero-order valence-electron chi connectivity index (χ0n) is 13.2. The van der Waals surface area contributed by atoms with Crippen LogP contribution in [0.3, 0.4) is 0 Å². The second-order valence-electron chi connectivity index (χ2n) is 6.53. The summed E-state index contributed by atoms with van der Waals surface area (Å²) in [6.07, 6.45) is 5.73. The molecule has 0 heterocycles. The summed E-state index contributed by atoms with van der Waals surface area (Å²) < 4.78 is 11.5. The highest BCUT2D eigenvalue weighted by Crippen LogP contribution is 2.39. The standard InChI is InChI=1S/C15H30O3Si/c1-6-8-9-12-10-11-13(18-19(3,4)5)14(12)15(16)17-7-2/h12-14H,6-11H2,1-5H3/t12-,13-,14+/m0/s1. The summed E-state index contributed by atoms with van der Waals surface area (Å²) in [7, 11) is -1.60. The highest BCUT2D eigenvalue weighted by Gasteiger charge is 2.43. The van der Waals surface area contributed by atoms with Crippen LogP contribution in [0.1, 0.15) is 46.0 Å². The van der Waals surface area contributed by atoms with Crippen molar-refractivity contribution in [3.63, 3.8) is 0 Å². The van der Waals surface area contributed by atoms with Crippen molar-refractivity contribution < 1.29 is 14.0 Å². The van der Waals surface area contributed by atoms with E-state index >= 15 is 0 Å². The van der Waals surface area contributed by atoms with Gasteiger partial charge in [0.25, 0.3) is 0 Å². The van der Waals surface area contributed by atoms with Gasteiger partial charge in [-0.3, -0.25) is 4.79 Å². The third-order valence-electron chi connectivity index (χ3n) is 3.72. The van der Waals surface area contributed by atoms with Crippen LogP contribution in [0.4, 0.5) is 0 Å². The number of hydrogen-bond donors (Lipinski definition) is 0. The van der Waals surface area contributed by atoms with Gasteiger partial charge >= 0.3 is 5.97 Å². The van der Waals surface area contributed by atoms with Gasteiger partial charge in [-0.25, -0.2) is 0 Å². The second kappa shape index (κ2) is 7.43. The normalized spacial score (nSPS) is 27.5. The number of hydrogen-bond acceptors (Lipinski definition) is 3. The van der Waals surface area contributed by atoms with E-state index in [1.54, 1.807) is 0 Å². The van der Waals surface area contributed by atoms with Crippen molar-refractivity contribution in [3.8, 4) is 0 Å². The quantitative estimate of drug-likeness (QED) is 0.524. The molecule has 1 saturated carbocycles. The minimum atomic E-state index is -1.60. The van der Waals surface area contributed by atoms with E-state index < -0.39 is 8.32 Å². The average Bonchev–Trinajstić information content (AvgIpc) is 2.67. The number of carbonyl (C=O) groups excluding carboxylic acids is 1. The van der Waals surface area contributed by atoms with Gasteiger partial charge in [-0.05, 0) is 51.7 Å². The Morgan fingerprint density at radius 3 is 2.42 bits per heavy atom. The molecule has 1 rings (SSSR count). The molecule has 1 fully saturated rings. The van der Waals surface area contributed by atoms with Crippen molar-refractivity contribution in [1.29, 1.82) is 0 Å². The Morgan fingerprint density at radius 1 is 1.21 bits per heavy atom. The van der Waals surface area contributed by atoms with Crippen LogP contribution >= 0.6 is 0 Å². The first-order valence-corrected chi connectivity index (χ1v) is 11.1. The lowest BCUT2D eigenvalue weighted by atomic mass is 9.90. The van der Waals surface area contributed by atoms with Gasteiger partial charge in [0.05, 0.1) is 18.6 Å². The van der Waals surface area contributed by atoms with E-state index in [-0.39, 0.29) is 18.0 Å². The van der Waals surface area contributed by atoms with Crippen LogP contribution in [0.2, 0.25) is 19.6 Å². The molecule has 19 heavy (non-hydrogen) atoms. The largest absolute Gasteiger partial charge is 0.466 e. The summed E-state index contributed by atoms with van der Waals surface area (Å²) >= 11 is 0. The Hall–Kier alpha value is -0.353. The summed E-state index contributed by atoms with van der Waals surface area (Å²) in [5.41, 5.74) is 0. The van der Waals surface area contributed by atoms with E-state index in [4.69, 9.17) is 9.16 Å². The van der Waals surface area contributed by atoms with Gasteiger partial charge in [-0.2, -0.15) is 0 Å². The summed E-state index contributed by atoms with van der Waals surface area (Å²) in [6, 6.07) is 0. The Kier molecular flexibility index (Phi) is 6.53. The van der Waals surface area contributed by atoms with Crippen LogP contribution in [0.5, 0.6) is 0 Å². The maximum atomic E-state index is 12.2. The highest BCUT2D eigenvalue weighted by molar-refractivity contribution is 6.69. The van der Waals surface area contributed by atoms with E-state index in [1.165, 1.54) is 12.8 Å². The molecule has 0 spiro atoms. The van der Waals surface area contributed by atoms with Crippen LogP contribution in [0.15, 0.2) is 0 Å².